The first kappa shape index (κ1) is 10.5. The van der Waals surface area contributed by atoms with E-state index in [-0.39, 0.29) is 17.4 Å². The monoisotopic (exact) mass is 194 g/mol. The molecule has 0 aliphatic carbocycles. The molecule has 4 nitrogen and oxygen atoms in total. The summed E-state index contributed by atoms with van der Waals surface area (Å²) in [7, 11) is 0. The van der Waals surface area contributed by atoms with Gasteiger partial charge in [-0.3, -0.25) is 15.2 Å². The molecule has 0 spiro atoms. The SMILES string of the molecule is Cc1cc([O])c(C(C)C)cc1[N+](=O)[O-]. The van der Waals surface area contributed by atoms with Crippen molar-refractivity contribution in [2.45, 2.75) is 26.7 Å². The Balaban J connectivity index is 3.34. The summed E-state index contributed by atoms with van der Waals surface area (Å²) in [5.74, 6) is -0.107. The molecule has 0 heterocycles. The third kappa shape index (κ3) is 1.84. The maximum Gasteiger partial charge on any atom is 0.272 e. The molecule has 0 atom stereocenters. The van der Waals surface area contributed by atoms with Crippen LogP contribution in [0.15, 0.2) is 12.1 Å². The number of benzene rings is 1. The molecule has 0 aromatic heterocycles. The van der Waals surface area contributed by atoms with E-state index in [1.54, 1.807) is 6.92 Å². The number of nitro groups is 1. The fraction of sp³-hybridized carbons (Fsp3) is 0.400. The van der Waals surface area contributed by atoms with Gasteiger partial charge < -0.3 is 0 Å². The first-order valence-electron chi connectivity index (χ1n) is 4.39. The van der Waals surface area contributed by atoms with Crippen molar-refractivity contribution in [2.24, 2.45) is 0 Å². The van der Waals surface area contributed by atoms with Crippen LogP contribution in [0, 0.1) is 17.0 Å². The first-order chi connectivity index (χ1) is 6.43. The van der Waals surface area contributed by atoms with Crippen molar-refractivity contribution in [3.05, 3.63) is 33.4 Å². The van der Waals surface area contributed by atoms with Gasteiger partial charge in [-0.2, -0.15) is 0 Å². The fourth-order valence-corrected chi connectivity index (χ4v) is 1.33. The van der Waals surface area contributed by atoms with E-state index < -0.39 is 4.92 Å². The molecule has 0 N–H and O–H groups in total. The number of nitro benzene ring substituents is 1. The van der Waals surface area contributed by atoms with Crippen molar-refractivity contribution >= 4 is 5.69 Å². The van der Waals surface area contributed by atoms with Crippen molar-refractivity contribution in [3.8, 4) is 5.75 Å². The largest absolute Gasteiger partial charge is 0.290 e. The van der Waals surface area contributed by atoms with Crippen molar-refractivity contribution in [3.63, 3.8) is 0 Å². The summed E-state index contributed by atoms with van der Waals surface area (Å²) in [6, 6.07) is 2.70. The highest BCUT2D eigenvalue weighted by Gasteiger charge is 2.17. The molecule has 1 radical (unpaired) electrons. The van der Waals surface area contributed by atoms with Gasteiger partial charge in [0.05, 0.1) is 4.92 Å². The number of hydrogen-bond donors (Lipinski definition) is 0. The topological polar surface area (TPSA) is 63.0 Å². The number of hydrogen-bond acceptors (Lipinski definition) is 2. The molecule has 0 aliphatic heterocycles. The van der Waals surface area contributed by atoms with Gasteiger partial charge in [-0.15, -0.1) is 0 Å². The van der Waals surface area contributed by atoms with Gasteiger partial charge in [-0.1, -0.05) is 13.8 Å². The van der Waals surface area contributed by atoms with Gasteiger partial charge in [0, 0.05) is 17.2 Å². The molecule has 1 rings (SSSR count). The minimum Gasteiger partial charge on any atom is -0.290 e. The van der Waals surface area contributed by atoms with Crippen LogP contribution in [0.4, 0.5) is 5.69 Å². The Morgan fingerprint density at radius 3 is 2.36 bits per heavy atom. The van der Waals surface area contributed by atoms with E-state index in [0.717, 1.165) is 0 Å². The summed E-state index contributed by atoms with van der Waals surface area (Å²) in [6.07, 6.45) is 0. The number of nitrogens with zero attached hydrogens (tertiary/aromatic N) is 1. The van der Waals surface area contributed by atoms with Gasteiger partial charge in [0.1, 0.15) is 0 Å². The van der Waals surface area contributed by atoms with Crippen molar-refractivity contribution in [1.82, 2.24) is 0 Å². The van der Waals surface area contributed by atoms with E-state index in [9.17, 15) is 15.2 Å². The van der Waals surface area contributed by atoms with E-state index in [4.69, 9.17) is 0 Å². The van der Waals surface area contributed by atoms with Crippen molar-refractivity contribution in [1.29, 1.82) is 0 Å². The molecule has 0 amide bonds. The summed E-state index contributed by atoms with van der Waals surface area (Å²) < 4.78 is 0. The summed E-state index contributed by atoms with van der Waals surface area (Å²) in [5, 5.41) is 22.0. The number of rotatable bonds is 2. The van der Waals surface area contributed by atoms with E-state index >= 15 is 0 Å². The lowest BCUT2D eigenvalue weighted by atomic mass is 9.99. The first-order valence-corrected chi connectivity index (χ1v) is 4.39. The van der Waals surface area contributed by atoms with Gasteiger partial charge in [0.15, 0.2) is 5.75 Å². The molecule has 0 saturated heterocycles. The van der Waals surface area contributed by atoms with Crippen LogP contribution in [0.3, 0.4) is 0 Å². The van der Waals surface area contributed by atoms with Crippen LogP contribution in [0.5, 0.6) is 5.75 Å². The predicted molar refractivity (Wildman–Crippen MR) is 52.1 cm³/mol. The van der Waals surface area contributed by atoms with Crippen LogP contribution in [0.1, 0.15) is 30.9 Å². The minimum atomic E-state index is -0.458. The van der Waals surface area contributed by atoms with E-state index in [0.29, 0.717) is 11.1 Å². The number of aryl methyl sites for hydroxylation is 1. The average Bonchev–Trinajstić information content (AvgIpc) is 2.02. The van der Waals surface area contributed by atoms with Gasteiger partial charge in [0.2, 0.25) is 0 Å². The molecule has 0 unspecified atom stereocenters. The second-order valence-electron chi connectivity index (χ2n) is 3.59. The summed E-state index contributed by atoms with van der Waals surface area (Å²) in [4.78, 5) is 10.2. The molecule has 0 saturated carbocycles. The summed E-state index contributed by atoms with van der Waals surface area (Å²) in [5.41, 5.74) is 0.944. The average molecular weight is 194 g/mol. The maximum atomic E-state index is 11.4. The Morgan fingerprint density at radius 2 is 1.93 bits per heavy atom. The van der Waals surface area contributed by atoms with Gasteiger partial charge in [0.25, 0.3) is 5.69 Å². The zero-order chi connectivity index (χ0) is 10.9. The highest BCUT2D eigenvalue weighted by atomic mass is 16.6. The predicted octanol–water partition coefficient (Wildman–Crippen LogP) is 3.17. The van der Waals surface area contributed by atoms with Crippen LogP contribution >= 0.6 is 0 Å². The fourth-order valence-electron chi connectivity index (χ4n) is 1.33. The van der Waals surface area contributed by atoms with E-state index in [1.165, 1.54) is 12.1 Å². The maximum absolute atomic E-state index is 11.4. The zero-order valence-electron chi connectivity index (χ0n) is 8.40. The van der Waals surface area contributed by atoms with Crippen LogP contribution in [-0.4, -0.2) is 4.92 Å². The standard InChI is InChI=1S/C10H12NO3/c1-6(2)8-5-9(11(13)14)7(3)4-10(8)12/h4-6H,1-3H3. The smallest absolute Gasteiger partial charge is 0.272 e. The third-order valence-corrected chi connectivity index (χ3v) is 2.15. The van der Waals surface area contributed by atoms with E-state index in [1.807, 2.05) is 13.8 Å². The summed E-state index contributed by atoms with van der Waals surface area (Å²) in [6.45, 7) is 5.26. The zero-order valence-corrected chi connectivity index (χ0v) is 8.40. The second-order valence-corrected chi connectivity index (χ2v) is 3.59. The third-order valence-electron chi connectivity index (χ3n) is 2.15. The normalized spacial score (nSPS) is 10.6. The molecule has 4 heteroatoms. The molecule has 1 aromatic rings. The van der Waals surface area contributed by atoms with Crippen molar-refractivity contribution < 1.29 is 10.0 Å². The van der Waals surface area contributed by atoms with Crippen LogP contribution in [0.2, 0.25) is 0 Å². The van der Waals surface area contributed by atoms with Gasteiger partial charge in [-0.05, 0) is 18.9 Å². The van der Waals surface area contributed by atoms with Crippen LogP contribution in [0.25, 0.3) is 0 Å². The molecule has 0 fully saturated rings. The Labute approximate surface area is 82.3 Å². The lowest BCUT2D eigenvalue weighted by Gasteiger charge is -2.07. The molecule has 0 bridgehead atoms. The molecule has 0 aliphatic rings. The Hall–Kier alpha value is -1.58. The van der Waals surface area contributed by atoms with Gasteiger partial charge >= 0.3 is 0 Å². The second kappa shape index (κ2) is 3.65. The van der Waals surface area contributed by atoms with Crippen LogP contribution < -0.4 is 0 Å². The Morgan fingerprint density at radius 1 is 1.36 bits per heavy atom. The Bertz CT molecular complexity index is 372. The Kier molecular flexibility index (Phi) is 2.74. The molecule has 1 aromatic carbocycles. The molecule has 14 heavy (non-hydrogen) atoms. The van der Waals surface area contributed by atoms with Gasteiger partial charge in [-0.25, -0.2) is 0 Å². The highest BCUT2D eigenvalue weighted by Crippen LogP contribution is 2.32. The van der Waals surface area contributed by atoms with E-state index in [2.05, 4.69) is 0 Å². The van der Waals surface area contributed by atoms with Crippen LogP contribution in [-0.2, 0) is 5.11 Å². The summed E-state index contributed by atoms with van der Waals surface area (Å²) >= 11 is 0. The lowest BCUT2D eigenvalue weighted by molar-refractivity contribution is -0.385. The quantitative estimate of drug-likeness (QED) is 0.536. The van der Waals surface area contributed by atoms with Crippen molar-refractivity contribution in [2.75, 3.05) is 0 Å². The lowest BCUT2D eigenvalue weighted by Crippen LogP contribution is -1.95. The molecule has 75 valence electrons. The molecular weight excluding hydrogens is 182 g/mol. The minimum absolute atomic E-state index is 0.0156. The highest BCUT2D eigenvalue weighted by molar-refractivity contribution is 5.50. The molecular formula is C10H12NO3.